The number of benzene rings is 2. The molecule has 112 valence electrons. The second-order valence-electron chi connectivity index (χ2n) is 4.90. The number of ether oxygens (including phenoxy) is 1. The first kappa shape index (κ1) is 13.9. The van der Waals surface area contributed by atoms with Crippen molar-refractivity contribution in [2.75, 3.05) is 12.0 Å². The molecule has 0 aliphatic carbocycles. The van der Waals surface area contributed by atoms with Gasteiger partial charge in [-0.15, -0.1) is 0 Å². The molecule has 0 unspecified atom stereocenters. The molecule has 1 aromatic heterocycles. The summed E-state index contributed by atoms with van der Waals surface area (Å²) in [6.45, 7) is 2.10. The third-order valence-electron chi connectivity index (χ3n) is 3.19. The molecule has 2 aromatic carbocycles. The first-order valence-corrected chi connectivity index (χ1v) is 6.88. The van der Waals surface area contributed by atoms with Gasteiger partial charge in [-0.05, 0) is 37.3 Å². The van der Waals surface area contributed by atoms with Gasteiger partial charge in [-0.3, -0.25) is 5.10 Å². The van der Waals surface area contributed by atoms with Crippen LogP contribution in [0.3, 0.4) is 0 Å². The SMILES string of the molecule is Cc1ccc(OCNC(=O)Nc2ccc3cn[nH]c3c2)cc1. The minimum atomic E-state index is -0.328. The third kappa shape index (κ3) is 3.35. The zero-order chi connectivity index (χ0) is 15.4. The second kappa shape index (κ2) is 6.17. The van der Waals surface area contributed by atoms with E-state index in [1.54, 1.807) is 6.20 Å². The zero-order valence-electron chi connectivity index (χ0n) is 12.1. The summed E-state index contributed by atoms with van der Waals surface area (Å²) in [6, 6.07) is 12.8. The van der Waals surface area contributed by atoms with Gasteiger partial charge in [0.1, 0.15) is 5.75 Å². The van der Waals surface area contributed by atoms with Crippen molar-refractivity contribution in [3.63, 3.8) is 0 Å². The number of anilines is 1. The number of H-pyrrole nitrogens is 1. The van der Waals surface area contributed by atoms with Crippen LogP contribution in [0.2, 0.25) is 0 Å². The highest BCUT2D eigenvalue weighted by molar-refractivity contribution is 5.92. The molecule has 6 nitrogen and oxygen atoms in total. The van der Waals surface area contributed by atoms with Crippen LogP contribution in [0, 0.1) is 6.92 Å². The van der Waals surface area contributed by atoms with E-state index in [0.717, 1.165) is 16.5 Å². The Kier molecular flexibility index (Phi) is 3.91. The van der Waals surface area contributed by atoms with E-state index in [1.165, 1.54) is 0 Å². The molecule has 3 rings (SSSR count). The van der Waals surface area contributed by atoms with Gasteiger partial charge < -0.3 is 15.4 Å². The summed E-state index contributed by atoms with van der Waals surface area (Å²) in [5.74, 6) is 0.713. The van der Waals surface area contributed by atoms with Crippen molar-refractivity contribution in [2.24, 2.45) is 0 Å². The number of rotatable bonds is 4. The average Bonchev–Trinajstić information content (AvgIpc) is 2.97. The minimum Gasteiger partial charge on any atom is -0.473 e. The first-order chi connectivity index (χ1) is 10.7. The highest BCUT2D eigenvalue weighted by Gasteiger charge is 2.03. The third-order valence-corrected chi connectivity index (χ3v) is 3.19. The van der Waals surface area contributed by atoms with Crippen LogP contribution in [0.5, 0.6) is 5.75 Å². The van der Waals surface area contributed by atoms with Crippen molar-refractivity contribution in [3.05, 3.63) is 54.2 Å². The highest BCUT2D eigenvalue weighted by Crippen LogP contribution is 2.16. The van der Waals surface area contributed by atoms with E-state index in [9.17, 15) is 4.79 Å². The monoisotopic (exact) mass is 296 g/mol. The number of carbonyl (C=O) groups is 1. The maximum atomic E-state index is 11.8. The number of nitrogens with zero attached hydrogens (tertiary/aromatic N) is 1. The van der Waals surface area contributed by atoms with Crippen molar-refractivity contribution in [2.45, 2.75) is 6.92 Å². The van der Waals surface area contributed by atoms with E-state index in [0.29, 0.717) is 11.4 Å². The lowest BCUT2D eigenvalue weighted by atomic mass is 10.2. The standard InChI is InChI=1S/C16H16N4O2/c1-11-2-6-14(7-3-11)22-10-17-16(21)19-13-5-4-12-9-18-20-15(12)8-13/h2-9H,10H2,1H3,(H,18,20)(H2,17,19,21). The fourth-order valence-electron chi connectivity index (χ4n) is 2.01. The van der Waals surface area contributed by atoms with Gasteiger partial charge in [0.15, 0.2) is 6.73 Å². The van der Waals surface area contributed by atoms with Crippen LogP contribution >= 0.6 is 0 Å². The summed E-state index contributed by atoms with van der Waals surface area (Å²) in [6.07, 6.45) is 1.73. The Bertz CT molecular complexity index is 780. The number of amides is 2. The Morgan fingerprint density at radius 2 is 2.05 bits per heavy atom. The van der Waals surface area contributed by atoms with E-state index in [-0.39, 0.29) is 12.8 Å². The molecular formula is C16H16N4O2. The maximum Gasteiger partial charge on any atom is 0.321 e. The van der Waals surface area contributed by atoms with Crippen LogP contribution in [0.1, 0.15) is 5.56 Å². The number of urea groups is 1. The van der Waals surface area contributed by atoms with Gasteiger partial charge in [0, 0.05) is 11.1 Å². The Labute approximate surface area is 127 Å². The van der Waals surface area contributed by atoms with Crippen LogP contribution in [0.4, 0.5) is 10.5 Å². The molecule has 1 heterocycles. The summed E-state index contributed by atoms with van der Waals surface area (Å²) in [5.41, 5.74) is 2.71. The number of hydrogen-bond donors (Lipinski definition) is 3. The molecule has 2 amide bonds. The van der Waals surface area contributed by atoms with Crippen molar-refractivity contribution in [3.8, 4) is 5.75 Å². The Hall–Kier alpha value is -3.02. The van der Waals surface area contributed by atoms with Gasteiger partial charge in [-0.25, -0.2) is 4.79 Å². The predicted molar refractivity (Wildman–Crippen MR) is 84.9 cm³/mol. The molecule has 3 N–H and O–H groups in total. The van der Waals surface area contributed by atoms with E-state index >= 15 is 0 Å². The van der Waals surface area contributed by atoms with Crippen LogP contribution in [-0.2, 0) is 0 Å². The molecule has 0 bridgehead atoms. The van der Waals surface area contributed by atoms with Gasteiger partial charge in [0.2, 0.25) is 0 Å². The van der Waals surface area contributed by atoms with Crippen molar-refractivity contribution >= 4 is 22.6 Å². The number of aromatic amines is 1. The summed E-state index contributed by atoms with van der Waals surface area (Å²) in [7, 11) is 0. The molecule has 0 radical (unpaired) electrons. The molecule has 6 heteroatoms. The Balaban J connectivity index is 1.50. The molecule has 0 saturated heterocycles. The summed E-state index contributed by atoms with van der Waals surface area (Å²) in [5, 5.41) is 13.2. The van der Waals surface area contributed by atoms with Crippen LogP contribution < -0.4 is 15.4 Å². The van der Waals surface area contributed by atoms with E-state index in [4.69, 9.17) is 4.74 Å². The van der Waals surface area contributed by atoms with Crippen molar-refractivity contribution < 1.29 is 9.53 Å². The largest absolute Gasteiger partial charge is 0.473 e. The van der Waals surface area contributed by atoms with Crippen molar-refractivity contribution in [1.29, 1.82) is 0 Å². The first-order valence-electron chi connectivity index (χ1n) is 6.88. The summed E-state index contributed by atoms with van der Waals surface area (Å²) >= 11 is 0. The average molecular weight is 296 g/mol. The normalized spacial score (nSPS) is 10.4. The van der Waals surface area contributed by atoms with E-state index in [2.05, 4.69) is 20.8 Å². The lowest BCUT2D eigenvalue weighted by Gasteiger charge is -2.09. The Morgan fingerprint density at radius 1 is 1.23 bits per heavy atom. The fourth-order valence-corrected chi connectivity index (χ4v) is 2.01. The molecule has 3 aromatic rings. The topological polar surface area (TPSA) is 79.0 Å². The molecule has 0 aliphatic heterocycles. The molecule has 0 atom stereocenters. The number of nitrogens with one attached hydrogen (secondary N) is 3. The Morgan fingerprint density at radius 3 is 2.86 bits per heavy atom. The van der Waals surface area contributed by atoms with Crippen molar-refractivity contribution in [1.82, 2.24) is 15.5 Å². The maximum absolute atomic E-state index is 11.8. The predicted octanol–water partition coefficient (Wildman–Crippen LogP) is 3.03. The van der Waals surface area contributed by atoms with Gasteiger partial charge in [0.05, 0.1) is 11.7 Å². The number of fused-ring (bicyclic) bond motifs is 1. The molecule has 22 heavy (non-hydrogen) atoms. The van der Waals surface area contributed by atoms with Crippen LogP contribution in [-0.4, -0.2) is 23.0 Å². The number of carbonyl (C=O) groups excluding carboxylic acids is 1. The van der Waals surface area contributed by atoms with E-state index < -0.39 is 0 Å². The lowest BCUT2D eigenvalue weighted by molar-refractivity contribution is 0.234. The molecule has 0 spiro atoms. The number of aryl methyl sites for hydroxylation is 1. The van der Waals surface area contributed by atoms with Gasteiger partial charge in [0.25, 0.3) is 0 Å². The van der Waals surface area contributed by atoms with E-state index in [1.807, 2.05) is 49.4 Å². The van der Waals surface area contributed by atoms with Gasteiger partial charge in [-0.2, -0.15) is 5.10 Å². The number of aromatic nitrogens is 2. The van der Waals surface area contributed by atoms with Crippen LogP contribution in [0.15, 0.2) is 48.7 Å². The minimum absolute atomic E-state index is 0.0984. The lowest BCUT2D eigenvalue weighted by Crippen LogP contribution is -2.31. The van der Waals surface area contributed by atoms with Gasteiger partial charge >= 0.3 is 6.03 Å². The zero-order valence-corrected chi connectivity index (χ0v) is 12.1. The fraction of sp³-hybridized carbons (Fsp3) is 0.125. The second-order valence-corrected chi connectivity index (χ2v) is 4.90. The molecule has 0 saturated carbocycles. The number of hydrogen-bond acceptors (Lipinski definition) is 3. The molecule has 0 fully saturated rings. The smallest absolute Gasteiger partial charge is 0.321 e. The quantitative estimate of drug-likeness (QED) is 0.647. The van der Waals surface area contributed by atoms with Gasteiger partial charge in [-0.1, -0.05) is 17.7 Å². The summed E-state index contributed by atoms with van der Waals surface area (Å²) in [4.78, 5) is 11.8. The molecular weight excluding hydrogens is 280 g/mol. The highest BCUT2D eigenvalue weighted by atomic mass is 16.5. The van der Waals surface area contributed by atoms with Crippen LogP contribution in [0.25, 0.3) is 10.9 Å². The molecule has 0 aliphatic rings. The summed E-state index contributed by atoms with van der Waals surface area (Å²) < 4.78 is 5.44.